The van der Waals surface area contributed by atoms with E-state index in [-0.39, 0.29) is 11.9 Å². The van der Waals surface area contributed by atoms with Crippen molar-refractivity contribution < 1.29 is 9.13 Å². The zero-order valence-corrected chi connectivity index (χ0v) is 11.3. The molecule has 2 aromatic rings. The number of hydrogen-bond donors (Lipinski definition) is 1. The molecule has 1 atom stereocenters. The molecule has 4 heteroatoms. The molecule has 0 saturated carbocycles. The Morgan fingerprint density at radius 3 is 2.74 bits per heavy atom. The van der Waals surface area contributed by atoms with E-state index < -0.39 is 0 Å². The number of aromatic nitrogens is 1. The van der Waals surface area contributed by atoms with Crippen molar-refractivity contribution in [3.8, 4) is 5.88 Å². The van der Waals surface area contributed by atoms with Crippen molar-refractivity contribution >= 4 is 0 Å². The number of ether oxygens (including phenoxy) is 1. The molecule has 0 spiro atoms. The topological polar surface area (TPSA) is 34.2 Å². The van der Waals surface area contributed by atoms with Gasteiger partial charge in [0.1, 0.15) is 5.82 Å². The second kappa shape index (κ2) is 5.80. The zero-order valence-electron chi connectivity index (χ0n) is 11.3. The van der Waals surface area contributed by atoms with Gasteiger partial charge in [0.15, 0.2) is 0 Å². The molecule has 0 aliphatic carbocycles. The molecule has 0 amide bonds. The number of aryl methyl sites for hydroxylation is 1. The van der Waals surface area contributed by atoms with Crippen molar-refractivity contribution in [3.05, 3.63) is 59.0 Å². The highest BCUT2D eigenvalue weighted by atomic mass is 19.1. The average molecular weight is 260 g/mol. The van der Waals surface area contributed by atoms with E-state index in [0.29, 0.717) is 11.4 Å². The number of benzene rings is 1. The number of hydrogen-bond acceptors (Lipinski definition) is 3. The van der Waals surface area contributed by atoms with E-state index in [2.05, 4.69) is 10.3 Å². The van der Waals surface area contributed by atoms with Gasteiger partial charge in [-0.2, -0.15) is 0 Å². The van der Waals surface area contributed by atoms with Crippen LogP contribution in [0, 0.1) is 12.7 Å². The number of methoxy groups -OCH3 is 1. The summed E-state index contributed by atoms with van der Waals surface area (Å²) in [6, 6.07) is 8.82. The fourth-order valence-corrected chi connectivity index (χ4v) is 2.14. The Bertz CT molecular complexity index is 572. The summed E-state index contributed by atoms with van der Waals surface area (Å²) in [5.41, 5.74) is 2.53. The van der Waals surface area contributed by atoms with Crippen LogP contribution in [-0.2, 0) is 0 Å². The maximum Gasteiger partial charge on any atom is 0.218 e. The standard InChI is InChI=1S/C15H17FN2O/c1-10-9-11(6-7-13(10)16)14(17-2)12-5-4-8-18-15(12)19-3/h4-9,14,17H,1-3H3. The van der Waals surface area contributed by atoms with Gasteiger partial charge in [0.2, 0.25) is 5.88 Å². The van der Waals surface area contributed by atoms with Crippen molar-refractivity contribution in [1.82, 2.24) is 10.3 Å². The van der Waals surface area contributed by atoms with Gasteiger partial charge in [0.05, 0.1) is 13.2 Å². The fraction of sp³-hybridized carbons (Fsp3) is 0.267. The van der Waals surface area contributed by atoms with Gasteiger partial charge < -0.3 is 10.1 Å². The minimum atomic E-state index is -0.197. The molecule has 100 valence electrons. The highest BCUT2D eigenvalue weighted by Gasteiger charge is 2.17. The van der Waals surface area contributed by atoms with Crippen LogP contribution >= 0.6 is 0 Å². The van der Waals surface area contributed by atoms with Crippen molar-refractivity contribution in [3.63, 3.8) is 0 Å². The highest BCUT2D eigenvalue weighted by molar-refractivity contribution is 5.38. The van der Waals surface area contributed by atoms with E-state index in [1.165, 1.54) is 6.07 Å². The van der Waals surface area contributed by atoms with Gasteiger partial charge in [-0.25, -0.2) is 9.37 Å². The second-order valence-corrected chi connectivity index (χ2v) is 4.33. The van der Waals surface area contributed by atoms with Crippen molar-refractivity contribution in [1.29, 1.82) is 0 Å². The Balaban J connectivity index is 2.46. The molecule has 1 N–H and O–H groups in total. The minimum Gasteiger partial charge on any atom is -0.481 e. The lowest BCUT2D eigenvalue weighted by Gasteiger charge is -2.19. The number of pyridine rings is 1. The van der Waals surface area contributed by atoms with Crippen LogP contribution in [0.2, 0.25) is 0 Å². The molecule has 1 aromatic heterocycles. The minimum absolute atomic E-state index is 0.0806. The van der Waals surface area contributed by atoms with E-state index >= 15 is 0 Å². The number of halogens is 1. The summed E-state index contributed by atoms with van der Waals surface area (Å²) >= 11 is 0. The van der Waals surface area contributed by atoms with E-state index in [1.54, 1.807) is 26.3 Å². The van der Waals surface area contributed by atoms with Gasteiger partial charge in [-0.15, -0.1) is 0 Å². The van der Waals surface area contributed by atoms with Gasteiger partial charge in [-0.1, -0.05) is 18.2 Å². The van der Waals surface area contributed by atoms with Crippen LogP contribution < -0.4 is 10.1 Å². The van der Waals surface area contributed by atoms with Gasteiger partial charge in [-0.3, -0.25) is 0 Å². The molecule has 1 aromatic carbocycles. The molecule has 1 heterocycles. The van der Waals surface area contributed by atoms with Crippen LogP contribution in [0.4, 0.5) is 4.39 Å². The molecule has 0 fully saturated rings. The van der Waals surface area contributed by atoms with Crippen LogP contribution in [0.3, 0.4) is 0 Å². The third kappa shape index (κ3) is 2.74. The summed E-state index contributed by atoms with van der Waals surface area (Å²) in [6.45, 7) is 1.76. The van der Waals surface area contributed by atoms with Crippen LogP contribution in [0.25, 0.3) is 0 Å². The Hall–Kier alpha value is -1.94. The normalized spacial score (nSPS) is 12.2. The predicted octanol–water partition coefficient (Wildman–Crippen LogP) is 2.85. The largest absolute Gasteiger partial charge is 0.481 e. The zero-order chi connectivity index (χ0) is 13.8. The molecule has 0 saturated heterocycles. The van der Waals surface area contributed by atoms with Gasteiger partial charge in [0, 0.05) is 11.8 Å². The van der Waals surface area contributed by atoms with Gasteiger partial charge >= 0.3 is 0 Å². The predicted molar refractivity (Wildman–Crippen MR) is 72.8 cm³/mol. The first-order chi connectivity index (χ1) is 9.17. The highest BCUT2D eigenvalue weighted by Crippen LogP contribution is 2.28. The molecule has 0 bridgehead atoms. The molecule has 19 heavy (non-hydrogen) atoms. The lowest BCUT2D eigenvalue weighted by Crippen LogP contribution is -2.19. The third-order valence-corrected chi connectivity index (χ3v) is 3.11. The Kier molecular flexibility index (Phi) is 4.12. The lowest BCUT2D eigenvalue weighted by molar-refractivity contribution is 0.388. The van der Waals surface area contributed by atoms with Crippen molar-refractivity contribution in [2.75, 3.05) is 14.2 Å². The molecule has 2 rings (SSSR count). The summed E-state index contributed by atoms with van der Waals surface area (Å²) < 4.78 is 18.6. The van der Waals surface area contributed by atoms with Crippen LogP contribution in [0.1, 0.15) is 22.7 Å². The molecular formula is C15H17FN2O. The first-order valence-corrected chi connectivity index (χ1v) is 6.09. The van der Waals surface area contributed by atoms with Crippen LogP contribution in [0.5, 0.6) is 5.88 Å². The summed E-state index contributed by atoms with van der Waals surface area (Å²) in [4.78, 5) is 4.20. The number of rotatable bonds is 4. The smallest absolute Gasteiger partial charge is 0.218 e. The maximum atomic E-state index is 13.4. The molecule has 0 radical (unpaired) electrons. The maximum absolute atomic E-state index is 13.4. The fourth-order valence-electron chi connectivity index (χ4n) is 2.14. The summed E-state index contributed by atoms with van der Waals surface area (Å²) in [6.07, 6.45) is 1.69. The Labute approximate surface area is 112 Å². The number of nitrogens with one attached hydrogen (secondary N) is 1. The summed E-state index contributed by atoms with van der Waals surface area (Å²) in [5, 5.41) is 3.21. The molecular weight excluding hydrogens is 243 g/mol. The Morgan fingerprint density at radius 2 is 2.11 bits per heavy atom. The van der Waals surface area contributed by atoms with E-state index in [1.807, 2.05) is 25.2 Å². The molecule has 3 nitrogen and oxygen atoms in total. The Morgan fingerprint density at radius 1 is 1.32 bits per heavy atom. The molecule has 0 aliphatic heterocycles. The molecule has 0 aliphatic rings. The third-order valence-electron chi connectivity index (χ3n) is 3.11. The lowest BCUT2D eigenvalue weighted by atomic mass is 9.98. The van der Waals surface area contributed by atoms with Gasteiger partial charge in [-0.05, 0) is 37.2 Å². The monoisotopic (exact) mass is 260 g/mol. The second-order valence-electron chi connectivity index (χ2n) is 4.33. The summed E-state index contributed by atoms with van der Waals surface area (Å²) in [7, 11) is 3.45. The number of nitrogens with zero attached hydrogens (tertiary/aromatic N) is 1. The quantitative estimate of drug-likeness (QED) is 0.918. The average Bonchev–Trinajstić information content (AvgIpc) is 2.44. The van der Waals surface area contributed by atoms with Crippen molar-refractivity contribution in [2.45, 2.75) is 13.0 Å². The van der Waals surface area contributed by atoms with Crippen LogP contribution in [-0.4, -0.2) is 19.1 Å². The van der Waals surface area contributed by atoms with E-state index in [4.69, 9.17) is 4.74 Å². The van der Waals surface area contributed by atoms with Gasteiger partial charge in [0.25, 0.3) is 0 Å². The first kappa shape index (κ1) is 13.5. The van der Waals surface area contributed by atoms with Crippen molar-refractivity contribution in [2.24, 2.45) is 0 Å². The van der Waals surface area contributed by atoms with E-state index in [0.717, 1.165) is 11.1 Å². The SMILES string of the molecule is CNC(c1ccc(F)c(C)c1)c1cccnc1OC. The summed E-state index contributed by atoms with van der Waals surface area (Å²) in [5.74, 6) is 0.376. The van der Waals surface area contributed by atoms with E-state index in [9.17, 15) is 4.39 Å². The molecule has 1 unspecified atom stereocenters. The first-order valence-electron chi connectivity index (χ1n) is 6.09. The van der Waals surface area contributed by atoms with Crippen LogP contribution in [0.15, 0.2) is 36.5 Å².